The standard InChI is InChI=1S/C12H24N2O.ClH/c1-10-6-14(7-11(2)13-10)8-12-4-3-5-15-9-12;/h10-13H,3-9H2,1-2H3;1H. The van der Waals surface area contributed by atoms with Crippen LogP contribution in [0, 0.1) is 5.92 Å². The minimum absolute atomic E-state index is 0. The largest absolute Gasteiger partial charge is 0.381 e. The summed E-state index contributed by atoms with van der Waals surface area (Å²) in [4.78, 5) is 2.60. The van der Waals surface area contributed by atoms with Gasteiger partial charge in [0.1, 0.15) is 0 Å². The van der Waals surface area contributed by atoms with Crippen LogP contribution in [0.15, 0.2) is 0 Å². The van der Waals surface area contributed by atoms with E-state index in [-0.39, 0.29) is 12.4 Å². The molecule has 2 rings (SSSR count). The van der Waals surface area contributed by atoms with Crippen molar-refractivity contribution in [3.8, 4) is 0 Å². The molecule has 2 aliphatic rings. The van der Waals surface area contributed by atoms with E-state index in [4.69, 9.17) is 4.74 Å². The summed E-state index contributed by atoms with van der Waals surface area (Å²) in [5.74, 6) is 0.774. The first-order chi connectivity index (χ1) is 7.24. The Labute approximate surface area is 105 Å². The average molecular weight is 249 g/mol. The Hall–Kier alpha value is 0.170. The third-order valence-corrected chi connectivity index (χ3v) is 3.40. The highest BCUT2D eigenvalue weighted by Gasteiger charge is 2.24. The fourth-order valence-corrected chi connectivity index (χ4v) is 2.91. The zero-order valence-electron chi connectivity index (χ0n) is 10.4. The second kappa shape index (κ2) is 6.80. The normalized spacial score (nSPS) is 36.8. The molecular formula is C12H25ClN2O. The number of nitrogens with one attached hydrogen (secondary N) is 1. The van der Waals surface area contributed by atoms with Crippen LogP contribution in [0.2, 0.25) is 0 Å². The van der Waals surface area contributed by atoms with Gasteiger partial charge < -0.3 is 10.1 Å². The summed E-state index contributed by atoms with van der Waals surface area (Å²) in [6.07, 6.45) is 2.61. The SMILES string of the molecule is CC1CN(CC2CCCOC2)CC(C)N1.Cl. The number of halogens is 1. The number of hydrogen-bond donors (Lipinski definition) is 1. The van der Waals surface area contributed by atoms with E-state index >= 15 is 0 Å². The van der Waals surface area contributed by atoms with Crippen LogP contribution in [-0.2, 0) is 4.74 Å². The Morgan fingerprint density at radius 1 is 1.25 bits per heavy atom. The van der Waals surface area contributed by atoms with Crippen LogP contribution in [0.25, 0.3) is 0 Å². The van der Waals surface area contributed by atoms with E-state index in [1.54, 1.807) is 0 Å². The zero-order chi connectivity index (χ0) is 10.7. The predicted molar refractivity (Wildman–Crippen MR) is 69.3 cm³/mol. The summed E-state index contributed by atoms with van der Waals surface area (Å²) in [6, 6.07) is 1.27. The summed E-state index contributed by atoms with van der Waals surface area (Å²) >= 11 is 0. The first-order valence-corrected chi connectivity index (χ1v) is 6.30. The molecule has 0 aromatic rings. The first kappa shape index (κ1) is 14.2. The maximum atomic E-state index is 5.54. The highest BCUT2D eigenvalue weighted by Crippen LogP contribution is 2.16. The molecule has 3 atom stereocenters. The van der Waals surface area contributed by atoms with Crippen LogP contribution >= 0.6 is 12.4 Å². The maximum Gasteiger partial charge on any atom is 0.0506 e. The molecule has 3 unspecified atom stereocenters. The van der Waals surface area contributed by atoms with Crippen molar-refractivity contribution in [1.82, 2.24) is 10.2 Å². The second-order valence-electron chi connectivity index (χ2n) is 5.27. The summed E-state index contributed by atoms with van der Waals surface area (Å²) in [6.45, 7) is 10.1. The molecule has 16 heavy (non-hydrogen) atoms. The lowest BCUT2D eigenvalue weighted by molar-refractivity contribution is 0.0312. The highest BCUT2D eigenvalue weighted by molar-refractivity contribution is 5.85. The third-order valence-electron chi connectivity index (χ3n) is 3.40. The minimum atomic E-state index is 0. The molecule has 4 heteroatoms. The maximum absolute atomic E-state index is 5.54. The molecule has 1 N–H and O–H groups in total. The summed E-state index contributed by atoms with van der Waals surface area (Å²) in [5.41, 5.74) is 0. The van der Waals surface area contributed by atoms with Gasteiger partial charge in [0.25, 0.3) is 0 Å². The van der Waals surface area contributed by atoms with E-state index in [2.05, 4.69) is 24.1 Å². The lowest BCUT2D eigenvalue weighted by Gasteiger charge is -2.38. The van der Waals surface area contributed by atoms with E-state index in [0.717, 1.165) is 19.1 Å². The van der Waals surface area contributed by atoms with E-state index in [1.807, 2.05) is 0 Å². The Bertz CT molecular complexity index is 187. The third kappa shape index (κ3) is 4.21. The summed E-state index contributed by atoms with van der Waals surface area (Å²) < 4.78 is 5.54. The Morgan fingerprint density at radius 2 is 1.94 bits per heavy atom. The summed E-state index contributed by atoms with van der Waals surface area (Å²) in [7, 11) is 0. The van der Waals surface area contributed by atoms with Crippen molar-refractivity contribution < 1.29 is 4.74 Å². The van der Waals surface area contributed by atoms with Crippen molar-refractivity contribution in [2.45, 2.75) is 38.8 Å². The van der Waals surface area contributed by atoms with Gasteiger partial charge in [-0.2, -0.15) is 0 Å². The predicted octanol–water partition coefficient (Wildman–Crippen LogP) is 1.52. The molecule has 0 radical (unpaired) electrons. The Kier molecular flexibility index (Phi) is 6.05. The summed E-state index contributed by atoms with van der Waals surface area (Å²) in [5, 5.41) is 3.57. The van der Waals surface area contributed by atoms with Gasteiger partial charge in [-0.3, -0.25) is 4.90 Å². The van der Waals surface area contributed by atoms with Gasteiger partial charge >= 0.3 is 0 Å². The zero-order valence-corrected chi connectivity index (χ0v) is 11.3. The number of ether oxygens (including phenoxy) is 1. The Morgan fingerprint density at radius 3 is 2.50 bits per heavy atom. The van der Waals surface area contributed by atoms with Crippen LogP contribution in [0.4, 0.5) is 0 Å². The van der Waals surface area contributed by atoms with Gasteiger partial charge in [0.2, 0.25) is 0 Å². The van der Waals surface area contributed by atoms with Crippen molar-refractivity contribution in [3.63, 3.8) is 0 Å². The lowest BCUT2D eigenvalue weighted by atomic mass is 10.0. The van der Waals surface area contributed by atoms with E-state index < -0.39 is 0 Å². The molecule has 3 nitrogen and oxygen atoms in total. The van der Waals surface area contributed by atoms with Crippen LogP contribution in [0.5, 0.6) is 0 Å². The van der Waals surface area contributed by atoms with Crippen LogP contribution in [-0.4, -0.2) is 49.8 Å². The van der Waals surface area contributed by atoms with Gasteiger partial charge in [-0.1, -0.05) is 0 Å². The molecular weight excluding hydrogens is 224 g/mol. The molecule has 0 aliphatic carbocycles. The smallest absolute Gasteiger partial charge is 0.0506 e. The molecule has 2 heterocycles. The van der Waals surface area contributed by atoms with E-state index in [9.17, 15) is 0 Å². The monoisotopic (exact) mass is 248 g/mol. The number of rotatable bonds is 2. The Balaban J connectivity index is 0.00000128. The van der Waals surface area contributed by atoms with Crippen molar-refractivity contribution in [3.05, 3.63) is 0 Å². The van der Waals surface area contributed by atoms with Gasteiger partial charge in [0.05, 0.1) is 6.61 Å². The van der Waals surface area contributed by atoms with Gasteiger partial charge in [0.15, 0.2) is 0 Å². The fourth-order valence-electron chi connectivity index (χ4n) is 2.91. The van der Waals surface area contributed by atoms with Gasteiger partial charge in [-0.25, -0.2) is 0 Å². The second-order valence-corrected chi connectivity index (χ2v) is 5.27. The molecule has 0 saturated carbocycles. The van der Waals surface area contributed by atoms with Crippen molar-refractivity contribution in [2.24, 2.45) is 5.92 Å². The number of nitrogens with zero attached hydrogens (tertiary/aromatic N) is 1. The molecule has 2 saturated heterocycles. The van der Waals surface area contributed by atoms with Gasteiger partial charge in [0, 0.05) is 38.3 Å². The van der Waals surface area contributed by atoms with Crippen molar-refractivity contribution >= 4 is 12.4 Å². The van der Waals surface area contributed by atoms with E-state index in [1.165, 1.54) is 32.5 Å². The molecule has 0 aromatic heterocycles. The molecule has 96 valence electrons. The molecule has 0 spiro atoms. The quantitative estimate of drug-likeness (QED) is 0.802. The topological polar surface area (TPSA) is 24.5 Å². The molecule has 0 bridgehead atoms. The minimum Gasteiger partial charge on any atom is -0.381 e. The van der Waals surface area contributed by atoms with Crippen LogP contribution in [0.3, 0.4) is 0 Å². The first-order valence-electron chi connectivity index (χ1n) is 6.30. The molecule has 2 aliphatic heterocycles. The number of piperazine rings is 1. The van der Waals surface area contributed by atoms with Crippen molar-refractivity contribution in [2.75, 3.05) is 32.8 Å². The van der Waals surface area contributed by atoms with Crippen LogP contribution in [0.1, 0.15) is 26.7 Å². The van der Waals surface area contributed by atoms with Crippen molar-refractivity contribution in [1.29, 1.82) is 0 Å². The van der Waals surface area contributed by atoms with Gasteiger partial charge in [-0.05, 0) is 32.6 Å². The van der Waals surface area contributed by atoms with Crippen LogP contribution < -0.4 is 5.32 Å². The van der Waals surface area contributed by atoms with E-state index in [0.29, 0.717) is 12.1 Å². The molecule has 0 aromatic carbocycles. The average Bonchev–Trinajstić information content (AvgIpc) is 2.17. The molecule has 0 amide bonds. The fraction of sp³-hybridized carbons (Fsp3) is 1.00. The number of hydrogen-bond acceptors (Lipinski definition) is 3. The van der Waals surface area contributed by atoms with Gasteiger partial charge in [-0.15, -0.1) is 12.4 Å². The lowest BCUT2D eigenvalue weighted by Crippen LogP contribution is -2.55. The highest BCUT2D eigenvalue weighted by atomic mass is 35.5. The molecule has 2 fully saturated rings.